The van der Waals surface area contributed by atoms with E-state index in [4.69, 9.17) is 0 Å². The van der Waals surface area contributed by atoms with Gasteiger partial charge in [0.2, 0.25) is 0 Å². The van der Waals surface area contributed by atoms with Crippen molar-refractivity contribution in [3.8, 4) is 0 Å². The van der Waals surface area contributed by atoms with Crippen LogP contribution in [0.4, 0.5) is 32.0 Å². The van der Waals surface area contributed by atoms with Crippen LogP contribution in [0.2, 0.25) is 0 Å². The quantitative estimate of drug-likeness (QED) is 0.104. The minimum Gasteiger partial charge on any atom is -0.262 e. The van der Waals surface area contributed by atoms with Gasteiger partial charge >= 0.3 is 0 Å². The zero-order valence-corrected chi connectivity index (χ0v) is 23.6. The SMILES string of the molecule is Fc1cccc(F)c1.Fc1ccccc1.Fc1ccccc1F.Fc1cccnc1.O=[N+]([O-])c1ccccc1.c1ccccc1. The third kappa shape index (κ3) is 20.7. The number of hydrogen-bond acceptors (Lipinski definition) is 3. The molecule has 4 nitrogen and oxygen atoms in total. The van der Waals surface area contributed by atoms with Gasteiger partial charge in [-0.1, -0.05) is 91.0 Å². The first-order valence-electron chi connectivity index (χ1n) is 13.0. The standard InChI is InChI=1S/2C6H4F2.C6H5F.C6H5NO2.C6H6.C5H4FN/c7-5-2-1-3-6(8)4-5;7-5-3-1-2-4-6(5)8;7-6-4-2-1-3-5-6;8-7(9)6-4-2-1-3-5-6;1-2-4-6-5-3-1;6-5-2-1-3-7-4-5/h2*1-4H;1-5H;1-5H;1-6H;1-4H. The number of nitro benzene ring substituents is 1. The Balaban J connectivity index is 0.000000271. The van der Waals surface area contributed by atoms with Gasteiger partial charge in [0.05, 0.1) is 11.1 Å². The largest absolute Gasteiger partial charge is 0.269 e. The van der Waals surface area contributed by atoms with E-state index in [-0.39, 0.29) is 17.3 Å². The van der Waals surface area contributed by atoms with E-state index in [0.29, 0.717) is 0 Å². The predicted octanol–water partition coefficient (Wildman–Crippen LogP) is 10.3. The fourth-order valence-corrected chi connectivity index (χ4v) is 2.59. The molecule has 232 valence electrons. The zero-order chi connectivity index (χ0) is 33.1. The highest BCUT2D eigenvalue weighted by Gasteiger charge is 1.98. The monoisotopic (exact) mass is 622 g/mol. The average molecular weight is 623 g/mol. The van der Waals surface area contributed by atoms with Crippen molar-refractivity contribution in [2.75, 3.05) is 0 Å². The molecule has 1 heterocycles. The van der Waals surface area contributed by atoms with Crippen molar-refractivity contribution >= 4 is 5.69 Å². The summed E-state index contributed by atoms with van der Waals surface area (Å²) >= 11 is 0. The second-order valence-electron chi connectivity index (χ2n) is 8.07. The second kappa shape index (κ2) is 23.8. The molecule has 10 heteroatoms. The number of aromatic nitrogens is 1. The van der Waals surface area contributed by atoms with Gasteiger partial charge in [0.25, 0.3) is 5.69 Å². The Morgan fingerprint density at radius 1 is 0.444 bits per heavy atom. The minimum atomic E-state index is -0.799. The number of nitro groups is 1. The van der Waals surface area contributed by atoms with E-state index in [1.54, 1.807) is 42.5 Å². The first-order chi connectivity index (χ1) is 21.7. The molecule has 0 atom stereocenters. The molecule has 0 amide bonds. The minimum absolute atomic E-state index is 0.137. The maximum atomic E-state index is 11.9. The van der Waals surface area contributed by atoms with Crippen molar-refractivity contribution < 1.29 is 31.3 Å². The maximum absolute atomic E-state index is 11.9. The van der Waals surface area contributed by atoms with Gasteiger partial charge in [-0.15, -0.1) is 0 Å². The molecule has 0 aliphatic rings. The Kier molecular flexibility index (Phi) is 19.7. The van der Waals surface area contributed by atoms with E-state index in [1.165, 1.54) is 73.1 Å². The molecule has 45 heavy (non-hydrogen) atoms. The van der Waals surface area contributed by atoms with Crippen molar-refractivity contribution in [2.45, 2.75) is 0 Å². The first-order valence-corrected chi connectivity index (χ1v) is 13.0. The summed E-state index contributed by atoms with van der Waals surface area (Å²) in [5, 5.41) is 10.0. The van der Waals surface area contributed by atoms with Gasteiger partial charge in [-0.2, -0.15) is 0 Å². The number of nitrogens with zero attached hydrogens (tertiary/aromatic N) is 2. The number of hydrogen-bond donors (Lipinski definition) is 0. The van der Waals surface area contributed by atoms with Gasteiger partial charge in [-0.3, -0.25) is 15.1 Å². The van der Waals surface area contributed by atoms with Crippen molar-refractivity contribution in [3.05, 3.63) is 215 Å². The summed E-state index contributed by atoms with van der Waals surface area (Å²) in [6.07, 6.45) is 2.70. The third-order valence-corrected chi connectivity index (χ3v) is 4.60. The van der Waals surface area contributed by atoms with Crippen molar-refractivity contribution in [1.82, 2.24) is 4.98 Å². The highest BCUT2D eigenvalue weighted by atomic mass is 19.2. The lowest BCUT2D eigenvalue weighted by molar-refractivity contribution is -0.384. The summed E-state index contributed by atoms with van der Waals surface area (Å²) in [5.41, 5.74) is 0.137. The lowest BCUT2D eigenvalue weighted by Crippen LogP contribution is -1.84. The molecule has 1 aromatic heterocycles. The topological polar surface area (TPSA) is 56.0 Å². The summed E-state index contributed by atoms with van der Waals surface area (Å²) in [7, 11) is 0. The van der Waals surface area contributed by atoms with Crippen LogP contribution < -0.4 is 0 Å². The van der Waals surface area contributed by atoms with E-state index >= 15 is 0 Å². The van der Waals surface area contributed by atoms with Gasteiger partial charge < -0.3 is 0 Å². The second-order valence-corrected chi connectivity index (χ2v) is 8.07. The Morgan fingerprint density at radius 2 is 0.822 bits per heavy atom. The zero-order valence-electron chi connectivity index (χ0n) is 23.6. The summed E-state index contributed by atoms with van der Waals surface area (Å²) in [4.78, 5) is 13.1. The normalized spacial score (nSPS) is 8.84. The molecular formula is C35H28F6N2O2. The lowest BCUT2D eigenvalue weighted by Gasteiger charge is -1.85. The average Bonchev–Trinajstić information content (AvgIpc) is 3.06. The number of non-ortho nitro benzene ring substituents is 1. The van der Waals surface area contributed by atoms with Crippen LogP contribution in [0.25, 0.3) is 0 Å². The molecule has 6 rings (SSSR count). The van der Waals surface area contributed by atoms with E-state index in [0.717, 1.165) is 18.2 Å². The molecule has 0 bridgehead atoms. The van der Waals surface area contributed by atoms with E-state index in [1.807, 2.05) is 36.4 Å². The molecule has 0 N–H and O–H groups in total. The number of para-hydroxylation sites is 1. The van der Waals surface area contributed by atoms with Gasteiger partial charge in [0, 0.05) is 24.4 Å². The molecule has 0 fully saturated rings. The van der Waals surface area contributed by atoms with Gasteiger partial charge in [-0.05, 0) is 48.5 Å². The van der Waals surface area contributed by atoms with Crippen molar-refractivity contribution in [3.63, 3.8) is 0 Å². The molecule has 0 saturated heterocycles. The Bertz CT molecular complexity index is 1480. The third-order valence-electron chi connectivity index (χ3n) is 4.60. The van der Waals surface area contributed by atoms with Crippen molar-refractivity contribution in [2.24, 2.45) is 0 Å². The van der Waals surface area contributed by atoms with Crippen LogP contribution in [0, 0.1) is 45.0 Å². The van der Waals surface area contributed by atoms with Gasteiger partial charge in [-0.25, -0.2) is 26.3 Å². The molecule has 0 saturated carbocycles. The highest BCUT2D eigenvalue weighted by molar-refractivity contribution is 5.28. The number of rotatable bonds is 1. The van der Waals surface area contributed by atoms with Crippen molar-refractivity contribution in [1.29, 1.82) is 0 Å². The molecular weight excluding hydrogens is 594 g/mol. The highest BCUT2D eigenvalue weighted by Crippen LogP contribution is 2.07. The molecule has 5 aromatic carbocycles. The van der Waals surface area contributed by atoms with Crippen LogP contribution in [-0.2, 0) is 0 Å². The lowest BCUT2D eigenvalue weighted by atomic mass is 10.3. The molecule has 0 spiro atoms. The van der Waals surface area contributed by atoms with Gasteiger partial charge in [0.1, 0.15) is 23.3 Å². The molecule has 0 unspecified atom stereocenters. The van der Waals surface area contributed by atoms with Crippen LogP contribution in [0.5, 0.6) is 0 Å². The number of pyridine rings is 1. The Labute approximate surface area is 257 Å². The van der Waals surface area contributed by atoms with Crippen LogP contribution in [0.15, 0.2) is 170 Å². The predicted molar refractivity (Wildman–Crippen MR) is 163 cm³/mol. The maximum Gasteiger partial charge on any atom is 0.269 e. The van der Waals surface area contributed by atoms with Crippen LogP contribution in [-0.4, -0.2) is 9.91 Å². The van der Waals surface area contributed by atoms with E-state index in [2.05, 4.69) is 4.98 Å². The molecule has 6 aromatic rings. The number of benzene rings is 5. The van der Waals surface area contributed by atoms with Crippen LogP contribution >= 0.6 is 0 Å². The van der Waals surface area contributed by atoms with E-state index in [9.17, 15) is 36.5 Å². The summed E-state index contributed by atoms with van der Waals surface area (Å²) < 4.78 is 71.5. The van der Waals surface area contributed by atoms with Crippen LogP contribution in [0.1, 0.15) is 0 Å². The number of halogens is 6. The summed E-state index contributed by atoms with van der Waals surface area (Å²) in [6.45, 7) is 0. The van der Waals surface area contributed by atoms with E-state index < -0.39 is 28.2 Å². The van der Waals surface area contributed by atoms with Gasteiger partial charge in [0.15, 0.2) is 11.6 Å². The summed E-state index contributed by atoms with van der Waals surface area (Å²) in [5.74, 6) is -3.14. The fraction of sp³-hybridized carbons (Fsp3) is 0. The Morgan fingerprint density at radius 3 is 1.07 bits per heavy atom. The Hall–Kier alpha value is -5.77. The smallest absolute Gasteiger partial charge is 0.262 e. The molecule has 0 radical (unpaired) electrons. The summed E-state index contributed by atoms with van der Waals surface area (Å²) in [6, 6.07) is 40.4. The molecule has 0 aliphatic carbocycles. The molecule has 0 aliphatic heterocycles. The fourth-order valence-electron chi connectivity index (χ4n) is 2.59. The first kappa shape index (κ1) is 37.3. The van der Waals surface area contributed by atoms with Crippen LogP contribution in [0.3, 0.4) is 0 Å².